The SMILES string of the molecule is COC1CC(C(=O)N(c2ccc(S(F)(F)(F)(F)F)cc2)C(C(=O)NC(C)(C)CNC2CCCC2)c2cccnc2)N(C#N)C1. The van der Waals surface area contributed by atoms with Crippen molar-refractivity contribution >= 4 is 27.7 Å². The lowest BCUT2D eigenvalue weighted by Gasteiger charge is -2.41. The van der Waals surface area contributed by atoms with Crippen LogP contribution in [0.5, 0.6) is 0 Å². The summed E-state index contributed by atoms with van der Waals surface area (Å²) in [6.45, 7) is 4.06. The second-order valence-electron chi connectivity index (χ2n) is 12.0. The number of benzene rings is 1. The molecule has 3 unspecified atom stereocenters. The van der Waals surface area contributed by atoms with Crippen LogP contribution in [0.1, 0.15) is 57.6 Å². The molecule has 0 spiro atoms. The molecule has 1 aliphatic heterocycles. The summed E-state index contributed by atoms with van der Waals surface area (Å²) >= 11 is 0. The Balaban J connectivity index is 1.77. The number of hydrogen-bond acceptors (Lipinski definition) is 7. The maximum Gasteiger partial charge on any atom is 0.310 e. The predicted octanol–water partition coefficient (Wildman–Crippen LogP) is 5.81. The number of hydrogen-bond donors (Lipinski definition) is 2. The van der Waals surface area contributed by atoms with Gasteiger partial charge in [0, 0.05) is 55.3 Å². The van der Waals surface area contributed by atoms with Crippen molar-refractivity contribution in [3.05, 3.63) is 54.4 Å². The van der Waals surface area contributed by atoms with E-state index in [2.05, 4.69) is 15.6 Å². The molecule has 1 aromatic carbocycles. The molecule has 2 aromatic rings. The number of likely N-dealkylation sites (tertiary alicyclic amines) is 1. The number of methoxy groups -OCH3 is 1. The number of carbonyl (C=O) groups excluding carboxylic acids is 2. The summed E-state index contributed by atoms with van der Waals surface area (Å²) in [6, 6.07) is 2.60. The average Bonchev–Trinajstić information content (AvgIpc) is 3.63. The van der Waals surface area contributed by atoms with E-state index in [9.17, 15) is 34.3 Å². The van der Waals surface area contributed by atoms with Crippen molar-refractivity contribution in [2.45, 2.75) is 80.6 Å². The summed E-state index contributed by atoms with van der Waals surface area (Å²) < 4.78 is 73.2. The quantitative estimate of drug-likeness (QED) is 0.235. The molecule has 15 heteroatoms. The molecule has 44 heavy (non-hydrogen) atoms. The zero-order valence-electron chi connectivity index (χ0n) is 24.7. The number of aromatic nitrogens is 1. The third-order valence-electron chi connectivity index (χ3n) is 7.96. The van der Waals surface area contributed by atoms with Crippen LogP contribution in [0.15, 0.2) is 53.7 Å². The Bertz CT molecular complexity index is 1380. The minimum Gasteiger partial charge on any atom is -0.379 e. The summed E-state index contributed by atoms with van der Waals surface area (Å²) in [5, 5.41) is 16.1. The molecule has 1 saturated heterocycles. The fourth-order valence-electron chi connectivity index (χ4n) is 5.67. The van der Waals surface area contributed by atoms with Gasteiger partial charge in [0.25, 0.3) is 5.91 Å². The highest BCUT2D eigenvalue weighted by atomic mass is 32.5. The normalized spacial score (nSPS) is 21.7. The number of nitrogens with zero attached hydrogens (tertiary/aromatic N) is 4. The average molecular weight is 645 g/mol. The van der Waals surface area contributed by atoms with Gasteiger partial charge in [-0.1, -0.05) is 38.3 Å². The first kappa shape index (κ1) is 33.4. The van der Waals surface area contributed by atoms with Gasteiger partial charge < -0.3 is 15.4 Å². The highest BCUT2D eigenvalue weighted by Crippen LogP contribution is 3.02. The van der Waals surface area contributed by atoms with Gasteiger partial charge >= 0.3 is 10.2 Å². The molecular weight excluding hydrogens is 607 g/mol. The lowest BCUT2D eigenvalue weighted by atomic mass is 9.99. The van der Waals surface area contributed by atoms with Gasteiger partial charge in [0.1, 0.15) is 17.0 Å². The number of pyridine rings is 1. The monoisotopic (exact) mass is 644 g/mol. The number of carbonyl (C=O) groups is 2. The third-order valence-corrected chi connectivity index (χ3v) is 9.13. The number of nitrogens with one attached hydrogen (secondary N) is 2. The molecule has 1 saturated carbocycles. The van der Waals surface area contributed by atoms with Gasteiger partial charge in [0.15, 0.2) is 6.19 Å². The van der Waals surface area contributed by atoms with Crippen molar-refractivity contribution in [3.8, 4) is 6.19 Å². The van der Waals surface area contributed by atoms with E-state index in [1.807, 2.05) is 6.19 Å². The lowest BCUT2D eigenvalue weighted by Crippen LogP contribution is -2.56. The van der Waals surface area contributed by atoms with E-state index in [4.69, 9.17) is 4.74 Å². The fraction of sp³-hybridized carbons (Fsp3) is 0.517. The first-order valence-electron chi connectivity index (χ1n) is 14.2. The molecule has 4 rings (SSSR count). The van der Waals surface area contributed by atoms with Gasteiger partial charge in [-0.25, -0.2) is 0 Å². The number of amides is 2. The van der Waals surface area contributed by atoms with E-state index in [-0.39, 0.29) is 36.3 Å². The molecule has 2 fully saturated rings. The Kier molecular flexibility index (Phi) is 8.95. The summed E-state index contributed by atoms with van der Waals surface area (Å²) in [5.41, 5.74) is -0.849. The second kappa shape index (κ2) is 11.8. The molecular formula is C29H37F5N6O3S. The Labute approximate surface area is 253 Å². The van der Waals surface area contributed by atoms with Crippen LogP contribution in [0.2, 0.25) is 0 Å². The largest absolute Gasteiger partial charge is 0.379 e. The maximum atomic E-state index is 14.3. The molecule has 2 aliphatic rings. The summed E-state index contributed by atoms with van der Waals surface area (Å²) in [7, 11) is -8.62. The Morgan fingerprint density at radius 3 is 2.36 bits per heavy atom. The summed E-state index contributed by atoms with van der Waals surface area (Å²) in [6.07, 6.45) is 8.51. The van der Waals surface area contributed by atoms with Crippen LogP contribution in [0, 0.1) is 11.5 Å². The third kappa shape index (κ3) is 7.96. The highest BCUT2D eigenvalue weighted by molar-refractivity contribution is 8.45. The van der Waals surface area contributed by atoms with Crippen LogP contribution in [-0.2, 0) is 14.3 Å². The van der Waals surface area contributed by atoms with E-state index in [0.717, 1.165) is 42.7 Å². The van der Waals surface area contributed by atoms with Crippen LogP contribution in [-0.4, -0.2) is 65.6 Å². The topological polar surface area (TPSA) is 111 Å². The molecule has 2 N–H and O–H groups in total. The minimum absolute atomic E-state index is 0.0567. The number of ether oxygens (including phenoxy) is 1. The van der Waals surface area contributed by atoms with Gasteiger partial charge in [-0.3, -0.25) is 24.4 Å². The second-order valence-corrected chi connectivity index (χ2v) is 14.4. The Morgan fingerprint density at radius 1 is 1.16 bits per heavy atom. The molecule has 1 aliphatic carbocycles. The molecule has 242 valence electrons. The van der Waals surface area contributed by atoms with E-state index in [1.165, 1.54) is 36.5 Å². The summed E-state index contributed by atoms with van der Waals surface area (Å²) in [5.74, 6) is -1.47. The number of halogens is 5. The molecule has 3 atom stereocenters. The zero-order chi connectivity index (χ0) is 32.4. The molecule has 2 heterocycles. The Morgan fingerprint density at radius 2 is 1.82 bits per heavy atom. The van der Waals surface area contributed by atoms with Crippen LogP contribution in [0.25, 0.3) is 0 Å². The van der Waals surface area contributed by atoms with Gasteiger partial charge in [-0.2, -0.15) is 5.26 Å². The van der Waals surface area contributed by atoms with Gasteiger partial charge in [0.2, 0.25) is 5.91 Å². The summed E-state index contributed by atoms with van der Waals surface area (Å²) in [4.78, 5) is 32.5. The smallest absolute Gasteiger partial charge is 0.310 e. The molecule has 0 bridgehead atoms. The van der Waals surface area contributed by atoms with E-state index < -0.39 is 50.7 Å². The zero-order valence-corrected chi connectivity index (χ0v) is 25.5. The van der Waals surface area contributed by atoms with Crippen molar-refractivity contribution in [1.29, 1.82) is 5.26 Å². The predicted molar refractivity (Wildman–Crippen MR) is 156 cm³/mol. The molecule has 9 nitrogen and oxygen atoms in total. The van der Waals surface area contributed by atoms with Crippen LogP contribution < -0.4 is 15.5 Å². The first-order chi connectivity index (χ1) is 20.4. The minimum atomic E-state index is -10.0. The van der Waals surface area contributed by atoms with Crippen LogP contribution in [0.3, 0.4) is 0 Å². The fourth-order valence-corrected chi connectivity index (χ4v) is 6.32. The lowest BCUT2D eigenvalue weighted by molar-refractivity contribution is -0.129. The van der Waals surface area contributed by atoms with Crippen LogP contribution >= 0.6 is 10.2 Å². The maximum absolute atomic E-state index is 14.3. The van der Waals surface area contributed by atoms with Crippen molar-refractivity contribution in [2.24, 2.45) is 0 Å². The molecule has 0 radical (unpaired) electrons. The molecule has 1 aromatic heterocycles. The van der Waals surface area contributed by atoms with Crippen molar-refractivity contribution in [2.75, 3.05) is 25.1 Å². The van der Waals surface area contributed by atoms with Crippen molar-refractivity contribution in [3.63, 3.8) is 0 Å². The highest BCUT2D eigenvalue weighted by Gasteiger charge is 2.65. The van der Waals surface area contributed by atoms with Crippen molar-refractivity contribution in [1.82, 2.24) is 20.5 Å². The van der Waals surface area contributed by atoms with E-state index in [0.29, 0.717) is 12.6 Å². The number of rotatable bonds is 11. The van der Waals surface area contributed by atoms with E-state index >= 15 is 0 Å². The first-order valence-corrected chi connectivity index (χ1v) is 16.2. The van der Waals surface area contributed by atoms with Gasteiger partial charge in [-0.15, -0.1) is 0 Å². The number of nitriles is 1. The Hall–Kier alpha value is -3.48. The standard InChI is InChI=1S/C29H37F5N6O3S/c1-29(2,18-37-21-8-4-5-9-21)38-27(41)26(20-7-6-14-36-16-20)40(28(42)25-15-23(43-3)17-39(25)19-35)22-10-12-24(13-11-22)44(30,31,32,33)34/h6-7,10-14,16,21,23,25-26,37H,4-5,8-9,15,17-18H2,1-3H3,(H,38,41). The molecule has 2 amide bonds. The van der Waals surface area contributed by atoms with Gasteiger partial charge in [0.05, 0.1) is 12.6 Å². The van der Waals surface area contributed by atoms with Crippen LogP contribution in [0.4, 0.5) is 25.1 Å². The number of anilines is 1. The van der Waals surface area contributed by atoms with E-state index in [1.54, 1.807) is 13.8 Å². The van der Waals surface area contributed by atoms with Crippen molar-refractivity contribution < 1.29 is 33.8 Å². The van der Waals surface area contributed by atoms with Gasteiger partial charge in [-0.05, 0) is 57.0 Å².